The quantitative estimate of drug-likeness (QED) is 0.0912. The Bertz CT molecular complexity index is 635. The Morgan fingerprint density at radius 3 is 1.75 bits per heavy atom. The molecule has 0 saturated heterocycles. The maximum atomic E-state index is 10.6. The van der Waals surface area contributed by atoms with Crippen molar-refractivity contribution < 1.29 is 10.2 Å². The van der Waals surface area contributed by atoms with Gasteiger partial charge in [-0.05, 0) is 91.5 Å². The molecule has 0 spiro atoms. The van der Waals surface area contributed by atoms with Crippen molar-refractivity contribution in [2.75, 3.05) is 0 Å². The van der Waals surface area contributed by atoms with Gasteiger partial charge in [-0.2, -0.15) is 0 Å². The van der Waals surface area contributed by atoms with Gasteiger partial charge in [-0.3, -0.25) is 0 Å². The Morgan fingerprint density at radius 1 is 0.875 bits per heavy atom. The fraction of sp³-hybridized carbons (Fsp3) is 0.714. The van der Waals surface area contributed by atoms with E-state index in [1.165, 1.54) is 16.7 Å². The maximum Gasteiger partial charge on any atom is 0.0716 e. The van der Waals surface area contributed by atoms with Crippen LogP contribution in [-0.2, 0) is 0 Å². The molecule has 0 bridgehead atoms. The molecular formula is C28H51BrO2Si. The van der Waals surface area contributed by atoms with Gasteiger partial charge < -0.3 is 10.2 Å². The largest absolute Gasteiger partial charge is 0.393 e. The molecule has 1 unspecified atom stereocenters. The molecule has 0 aromatic carbocycles. The van der Waals surface area contributed by atoms with Gasteiger partial charge in [0.05, 0.1) is 19.8 Å². The fourth-order valence-electron chi connectivity index (χ4n) is 3.86. The van der Waals surface area contributed by atoms with Crippen LogP contribution in [0.15, 0.2) is 47.6 Å². The molecule has 0 rings (SSSR count). The van der Waals surface area contributed by atoms with Gasteiger partial charge in [0.2, 0.25) is 0 Å². The van der Waals surface area contributed by atoms with Gasteiger partial charge in [-0.25, -0.2) is 0 Å². The third-order valence-electron chi connectivity index (χ3n) is 6.25. The van der Waals surface area contributed by atoms with Gasteiger partial charge in [0.25, 0.3) is 0 Å². The summed E-state index contributed by atoms with van der Waals surface area (Å²) in [7, 11) is -1.41. The molecule has 0 aromatic rings. The summed E-state index contributed by atoms with van der Waals surface area (Å²) in [6, 6.07) is 0. The van der Waals surface area contributed by atoms with Gasteiger partial charge in [0.15, 0.2) is 0 Å². The van der Waals surface area contributed by atoms with Crippen LogP contribution in [0.3, 0.4) is 0 Å². The smallest absolute Gasteiger partial charge is 0.0716 e. The number of hydrogen-bond donors (Lipinski definition) is 2. The summed E-state index contributed by atoms with van der Waals surface area (Å²) in [4.78, 5) is 0.128. The van der Waals surface area contributed by atoms with Crippen molar-refractivity contribution in [3.05, 3.63) is 47.6 Å². The van der Waals surface area contributed by atoms with E-state index < -0.39 is 13.7 Å². The standard InChI is InChI=1S/C28H51BrO2Si/c1-10-26(32(7,8)9)25(30)20-18-23(3)15-12-11-14-22(2)16-13-17-24(4)19-21-27(29)28(5,6)31/h10,14-15,17,25-27,30-31H,1,11-13,16,18-21H2,2-9H3/b22-14+,23-15+,24-17+/t25-,26+,27?/m1/s1. The molecular weight excluding hydrogens is 476 g/mol. The number of rotatable bonds is 16. The average Bonchev–Trinajstić information content (AvgIpc) is 2.66. The second kappa shape index (κ2) is 15.5. The predicted molar refractivity (Wildman–Crippen MR) is 151 cm³/mol. The Balaban J connectivity index is 4.27. The molecule has 0 amide bonds. The SMILES string of the molecule is C=C[C@@H]([C@H](O)CC/C(C)=C/CC/C=C(\C)CC/C=C(\C)CCC(Br)C(C)(C)O)[Si](C)(C)C. The van der Waals surface area contributed by atoms with Crippen LogP contribution in [0, 0.1) is 0 Å². The molecule has 4 heteroatoms. The van der Waals surface area contributed by atoms with Crippen LogP contribution in [0.1, 0.15) is 86.0 Å². The molecule has 2 N–H and O–H groups in total. The van der Waals surface area contributed by atoms with E-state index in [4.69, 9.17) is 0 Å². The molecule has 0 heterocycles. The van der Waals surface area contributed by atoms with Crippen LogP contribution in [0.25, 0.3) is 0 Å². The molecule has 0 fully saturated rings. The lowest BCUT2D eigenvalue weighted by atomic mass is 9.98. The van der Waals surface area contributed by atoms with Gasteiger partial charge in [0.1, 0.15) is 0 Å². The van der Waals surface area contributed by atoms with Crippen molar-refractivity contribution in [3.63, 3.8) is 0 Å². The molecule has 2 nitrogen and oxygen atoms in total. The van der Waals surface area contributed by atoms with Gasteiger partial charge in [0, 0.05) is 4.83 Å². The summed E-state index contributed by atoms with van der Waals surface area (Å²) >= 11 is 3.59. The Kier molecular flexibility index (Phi) is 15.3. The van der Waals surface area contributed by atoms with Crippen LogP contribution in [-0.4, -0.2) is 34.8 Å². The van der Waals surface area contributed by atoms with Crippen LogP contribution < -0.4 is 0 Å². The number of hydrogen-bond acceptors (Lipinski definition) is 2. The van der Waals surface area contributed by atoms with Crippen molar-refractivity contribution in [3.8, 4) is 0 Å². The van der Waals surface area contributed by atoms with Crippen molar-refractivity contribution in [2.45, 2.75) is 128 Å². The minimum atomic E-state index is -1.41. The van der Waals surface area contributed by atoms with Crippen LogP contribution in [0.5, 0.6) is 0 Å². The van der Waals surface area contributed by atoms with Crippen LogP contribution in [0.4, 0.5) is 0 Å². The van der Waals surface area contributed by atoms with E-state index in [0.29, 0.717) is 0 Å². The third kappa shape index (κ3) is 14.7. The highest BCUT2D eigenvalue weighted by Crippen LogP contribution is 2.29. The zero-order valence-corrected chi connectivity index (χ0v) is 24.8. The highest BCUT2D eigenvalue weighted by Gasteiger charge is 2.29. The molecule has 186 valence electrons. The summed E-state index contributed by atoms with van der Waals surface area (Å²) in [5.74, 6) is 0. The number of aliphatic hydroxyl groups excluding tert-OH is 1. The van der Waals surface area contributed by atoms with Crippen molar-refractivity contribution >= 4 is 24.0 Å². The lowest BCUT2D eigenvalue weighted by Crippen LogP contribution is -2.35. The van der Waals surface area contributed by atoms with E-state index >= 15 is 0 Å². The lowest BCUT2D eigenvalue weighted by molar-refractivity contribution is 0.0774. The number of halogens is 1. The monoisotopic (exact) mass is 526 g/mol. The normalized spacial score (nSPS) is 17.3. The lowest BCUT2D eigenvalue weighted by Gasteiger charge is -2.30. The van der Waals surface area contributed by atoms with Crippen molar-refractivity contribution in [1.29, 1.82) is 0 Å². The molecule has 0 aromatic heterocycles. The number of alkyl halides is 1. The van der Waals surface area contributed by atoms with E-state index in [1.807, 2.05) is 19.9 Å². The van der Waals surface area contributed by atoms with Crippen LogP contribution in [0.2, 0.25) is 25.2 Å². The molecule has 32 heavy (non-hydrogen) atoms. The molecule has 3 atom stereocenters. The Labute approximate surface area is 209 Å². The van der Waals surface area contributed by atoms with Gasteiger partial charge in [-0.1, -0.05) is 76.6 Å². The maximum absolute atomic E-state index is 10.6. The minimum Gasteiger partial charge on any atom is -0.393 e. The number of aliphatic hydroxyl groups is 2. The second-order valence-corrected chi connectivity index (χ2v) is 17.7. The Hall–Kier alpha value is -0.423. The zero-order valence-electron chi connectivity index (χ0n) is 22.2. The van der Waals surface area contributed by atoms with E-state index in [9.17, 15) is 10.2 Å². The van der Waals surface area contributed by atoms with E-state index in [2.05, 4.69) is 81.1 Å². The molecule has 0 aliphatic carbocycles. The van der Waals surface area contributed by atoms with E-state index in [1.54, 1.807) is 0 Å². The second-order valence-electron chi connectivity index (χ2n) is 11.2. The first kappa shape index (κ1) is 31.6. The average molecular weight is 528 g/mol. The molecule has 0 radical (unpaired) electrons. The van der Waals surface area contributed by atoms with Gasteiger partial charge >= 0.3 is 0 Å². The number of allylic oxidation sites excluding steroid dienone is 6. The van der Waals surface area contributed by atoms with E-state index in [-0.39, 0.29) is 16.5 Å². The summed E-state index contributed by atoms with van der Waals surface area (Å²) in [6.07, 6.45) is 16.8. The van der Waals surface area contributed by atoms with E-state index in [0.717, 1.165) is 51.4 Å². The molecule has 0 saturated carbocycles. The highest BCUT2D eigenvalue weighted by molar-refractivity contribution is 9.09. The van der Waals surface area contributed by atoms with Gasteiger partial charge in [-0.15, -0.1) is 6.58 Å². The van der Waals surface area contributed by atoms with Crippen molar-refractivity contribution in [2.24, 2.45) is 0 Å². The van der Waals surface area contributed by atoms with Crippen LogP contribution >= 0.6 is 15.9 Å². The molecule has 0 aliphatic heterocycles. The predicted octanol–water partition coefficient (Wildman–Crippen LogP) is 8.74. The fourth-order valence-corrected chi connectivity index (χ4v) is 6.12. The number of unbranched alkanes of at least 4 members (excludes halogenated alkanes) is 1. The first-order valence-corrected chi connectivity index (χ1v) is 16.8. The first-order valence-electron chi connectivity index (χ1n) is 12.3. The Morgan fingerprint density at radius 2 is 1.31 bits per heavy atom. The summed E-state index contributed by atoms with van der Waals surface area (Å²) < 4.78 is 0. The summed E-state index contributed by atoms with van der Waals surface area (Å²) in [6.45, 7) is 21.2. The summed E-state index contributed by atoms with van der Waals surface area (Å²) in [5.41, 5.74) is 3.83. The highest BCUT2D eigenvalue weighted by atomic mass is 79.9. The third-order valence-corrected chi connectivity index (χ3v) is 10.4. The summed E-state index contributed by atoms with van der Waals surface area (Å²) in [5, 5.41) is 20.6. The first-order chi connectivity index (χ1) is 14.7. The topological polar surface area (TPSA) is 40.5 Å². The minimum absolute atomic E-state index is 0.128. The molecule has 0 aliphatic rings. The van der Waals surface area contributed by atoms with Crippen molar-refractivity contribution in [1.82, 2.24) is 0 Å². The zero-order chi connectivity index (χ0) is 24.9.